The molecule has 70 valence electrons. The van der Waals surface area contributed by atoms with Crippen molar-refractivity contribution in [3.05, 3.63) is 23.8 Å². The van der Waals surface area contributed by atoms with Gasteiger partial charge in [-0.2, -0.15) is 0 Å². The van der Waals surface area contributed by atoms with Gasteiger partial charge in [0.2, 0.25) is 0 Å². The predicted molar refractivity (Wildman–Crippen MR) is 49.4 cm³/mol. The molecule has 0 bridgehead atoms. The van der Waals surface area contributed by atoms with Crippen molar-refractivity contribution in [3.8, 4) is 0 Å². The Morgan fingerprint density at radius 1 is 1.46 bits per heavy atom. The molecular formula is C9H13N3O. The maximum Gasteiger partial charge on any atom is 0.271 e. The number of aromatic nitrogens is 2. The van der Waals surface area contributed by atoms with Gasteiger partial charge >= 0.3 is 0 Å². The number of aryl methyl sites for hydroxylation is 1. The molecule has 0 aliphatic rings. The maximum absolute atomic E-state index is 11.4. The molecule has 0 saturated heterocycles. The molecule has 1 aromatic heterocycles. The number of nitrogens with one attached hydrogen (secondary N) is 1. The Kier molecular flexibility index (Phi) is 3.37. The van der Waals surface area contributed by atoms with Gasteiger partial charge in [-0.05, 0) is 13.3 Å². The van der Waals surface area contributed by atoms with Crippen LogP contribution in [0.4, 0.5) is 0 Å². The van der Waals surface area contributed by atoms with Crippen LogP contribution >= 0.6 is 0 Å². The van der Waals surface area contributed by atoms with Crippen LogP contribution in [-0.4, -0.2) is 22.4 Å². The van der Waals surface area contributed by atoms with Gasteiger partial charge in [-0.25, -0.2) is 4.98 Å². The van der Waals surface area contributed by atoms with Crippen molar-refractivity contribution in [3.63, 3.8) is 0 Å². The molecule has 0 fully saturated rings. The molecule has 1 rings (SSSR count). The summed E-state index contributed by atoms with van der Waals surface area (Å²) < 4.78 is 0. The molecule has 13 heavy (non-hydrogen) atoms. The van der Waals surface area contributed by atoms with Crippen LogP contribution < -0.4 is 5.32 Å². The van der Waals surface area contributed by atoms with E-state index in [2.05, 4.69) is 15.3 Å². The first-order chi connectivity index (χ1) is 6.25. The van der Waals surface area contributed by atoms with Gasteiger partial charge in [-0.3, -0.25) is 9.78 Å². The van der Waals surface area contributed by atoms with E-state index in [1.54, 1.807) is 13.1 Å². The van der Waals surface area contributed by atoms with E-state index in [4.69, 9.17) is 0 Å². The van der Waals surface area contributed by atoms with E-state index in [0.29, 0.717) is 17.9 Å². The highest BCUT2D eigenvalue weighted by Crippen LogP contribution is 1.98. The van der Waals surface area contributed by atoms with Gasteiger partial charge < -0.3 is 5.32 Å². The first-order valence-corrected chi connectivity index (χ1v) is 4.31. The van der Waals surface area contributed by atoms with Crippen LogP contribution in [0, 0.1) is 6.92 Å². The quantitative estimate of drug-likeness (QED) is 0.750. The number of nitrogens with zero attached hydrogens (tertiary/aromatic N) is 2. The zero-order chi connectivity index (χ0) is 9.68. The molecule has 0 aromatic carbocycles. The van der Waals surface area contributed by atoms with Gasteiger partial charge in [0.25, 0.3) is 5.91 Å². The third-order valence-corrected chi connectivity index (χ3v) is 1.63. The third kappa shape index (κ3) is 2.50. The summed E-state index contributed by atoms with van der Waals surface area (Å²) in [5, 5.41) is 2.75. The highest BCUT2D eigenvalue weighted by atomic mass is 16.1. The van der Waals surface area contributed by atoms with E-state index >= 15 is 0 Å². The fourth-order valence-electron chi connectivity index (χ4n) is 0.953. The SMILES string of the molecule is CCCNC(=O)c1nccnc1C. The monoisotopic (exact) mass is 179 g/mol. The van der Waals surface area contributed by atoms with E-state index in [0.717, 1.165) is 6.42 Å². The van der Waals surface area contributed by atoms with Crippen LogP contribution in [0.5, 0.6) is 0 Å². The normalized spacial score (nSPS) is 9.69. The lowest BCUT2D eigenvalue weighted by molar-refractivity contribution is 0.0947. The van der Waals surface area contributed by atoms with Gasteiger partial charge in [0.15, 0.2) is 0 Å². The molecule has 0 spiro atoms. The first kappa shape index (κ1) is 9.64. The van der Waals surface area contributed by atoms with Crippen molar-refractivity contribution in [2.75, 3.05) is 6.54 Å². The molecule has 0 aliphatic heterocycles. The number of rotatable bonds is 3. The summed E-state index contributed by atoms with van der Waals surface area (Å²) in [6, 6.07) is 0. The molecule has 1 aromatic rings. The molecule has 1 N–H and O–H groups in total. The van der Waals surface area contributed by atoms with E-state index in [-0.39, 0.29) is 5.91 Å². The average Bonchev–Trinajstić information content (AvgIpc) is 2.15. The Labute approximate surface area is 77.4 Å². The molecule has 1 amide bonds. The summed E-state index contributed by atoms with van der Waals surface area (Å²) in [4.78, 5) is 19.4. The summed E-state index contributed by atoms with van der Waals surface area (Å²) in [7, 11) is 0. The van der Waals surface area contributed by atoms with Gasteiger partial charge in [0.05, 0.1) is 5.69 Å². The summed E-state index contributed by atoms with van der Waals surface area (Å²) in [6.07, 6.45) is 4.02. The minimum Gasteiger partial charge on any atom is -0.351 e. The second-order valence-electron chi connectivity index (χ2n) is 2.75. The molecule has 4 heteroatoms. The standard InChI is InChI=1S/C9H13N3O/c1-3-4-12-9(13)8-7(2)10-5-6-11-8/h5-6H,3-4H2,1-2H3,(H,12,13). The molecule has 1 heterocycles. The Bertz CT molecular complexity index is 299. The number of hydrogen-bond donors (Lipinski definition) is 1. The first-order valence-electron chi connectivity index (χ1n) is 4.31. The fourth-order valence-corrected chi connectivity index (χ4v) is 0.953. The summed E-state index contributed by atoms with van der Waals surface area (Å²) in [5.41, 5.74) is 1.08. The topological polar surface area (TPSA) is 54.9 Å². The second-order valence-corrected chi connectivity index (χ2v) is 2.75. The van der Waals surface area contributed by atoms with Crippen molar-refractivity contribution < 1.29 is 4.79 Å². The fraction of sp³-hybridized carbons (Fsp3) is 0.444. The Morgan fingerprint density at radius 2 is 2.15 bits per heavy atom. The molecule has 4 nitrogen and oxygen atoms in total. The maximum atomic E-state index is 11.4. The largest absolute Gasteiger partial charge is 0.351 e. The summed E-state index contributed by atoms with van der Waals surface area (Å²) in [6.45, 7) is 4.45. The minimum absolute atomic E-state index is 0.146. The number of carbonyl (C=O) groups excluding carboxylic acids is 1. The van der Waals surface area contributed by atoms with Crippen LogP contribution in [0.3, 0.4) is 0 Å². The number of hydrogen-bond acceptors (Lipinski definition) is 3. The van der Waals surface area contributed by atoms with Crippen molar-refractivity contribution in [2.45, 2.75) is 20.3 Å². The number of amides is 1. The predicted octanol–water partition coefficient (Wildman–Crippen LogP) is 0.925. The molecule has 0 saturated carbocycles. The smallest absolute Gasteiger partial charge is 0.271 e. The van der Waals surface area contributed by atoms with E-state index in [1.807, 2.05) is 6.92 Å². The van der Waals surface area contributed by atoms with E-state index in [9.17, 15) is 4.79 Å². The lowest BCUT2D eigenvalue weighted by Crippen LogP contribution is -2.26. The number of carbonyl (C=O) groups is 1. The van der Waals surface area contributed by atoms with Crippen LogP contribution in [-0.2, 0) is 0 Å². The lowest BCUT2D eigenvalue weighted by Gasteiger charge is -2.03. The van der Waals surface area contributed by atoms with E-state index in [1.165, 1.54) is 6.20 Å². The Hall–Kier alpha value is -1.45. The highest BCUT2D eigenvalue weighted by molar-refractivity contribution is 5.93. The van der Waals surface area contributed by atoms with Crippen LogP contribution in [0.2, 0.25) is 0 Å². The Morgan fingerprint density at radius 3 is 2.77 bits per heavy atom. The van der Waals surface area contributed by atoms with Crippen molar-refractivity contribution >= 4 is 5.91 Å². The lowest BCUT2D eigenvalue weighted by atomic mass is 10.3. The highest BCUT2D eigenvalue weighted by Gasteiger charge is 2.08. The minimum atomic E-state index is -0.146. The van der Waals surface area contributed by atoms with Gasteiger partial charge in [0.1, 0.15) is 5.69 Å². The average molecular weight is 179 g/mol. The zero-order valence-electron chi connectivity index (χ0n) is 7.87. The van der Waals surface area contributed by atoms with Crippen LogP contribution in [0.15, 0.2) is 12.4 Å². The van der Waals surface area contributed by atoms with Gasteiger partial charge in [-0.1, -0.05) is 6.92 Å². The zero-order valence-corrected chi connectivity index (χ0v) is 7.87. The molecule has 0 atom stereocenters. The second kappa shape index (κ2) is 4.54. The van der Waals surface area contributed by atoms with Crippen LogP contribution in [0.1, 0.15) is 29.5 Å². The summed E-state index contributed by atoms with van der Waals surface area (Å²) in [5.74, 6) is -0.146. The van der Waals surface area contributed by atoms with Crippen LogP contribution in [0.25, 0.3) is 0 Å². The van der Waals surface area contributed by atoms with Gasteiger partial charge in [-0.15, -0.1) is 0 Å². The molecule has 0 unspecified atom stereocenters. The molecule has 0 aliphatic carbocycles. The third-order valence-electron chi connectivity index (χ3n) is 1.63. The van der Waals surface area contributed by atoms with Crippen molar-refractivity contribution in [1.29, 1.82) is 0 Å². The van der Waals surface area contributed by atoms with Crippen molar-refractivity contribution in [2.24, 2.45) is 0 Å². The van der Waals surface area contributed by atoms with Gasteiger partial charge in [0, 0.05) is 18.9 Å². The molecular weight excluding hydrogens is 166 g/mol. The Balaban J connectivity index is 2.71. The van der Waals surface area contributed by atoms with Crippen molar-refractivity contribution in [1.82, 2.24) is 15.3 Å². The molecule has 0 radical (unpaired) electrons. The summed E-state index contributed by atoms with van der Waals surface area (Å²) >= 11 is 0. The van der Waals surface area contributed by atoms with E-state index < -0.39 is 0 Å².